The van der Waals surface area contributed by atoms with Crippen molar-refractivity contribution in [2.75, 3.05) is 13.6 Å². The average Bonchev–Trinajstić information content (AvgIpc) is 3.41. The van der Waals surface area contributed by atoms with Gasteiger partial charge in [-0.15, -0.1) is 0 Å². The second kappa shape index (κ2) is 8.51. The highest BCUT2D eigenvalue weighted by Crippen LogP contribution is 2.54. The van der Waals surface area contributed by atoms with Gasteiger partial charge in [0.1, 0.15) is 11.6 Å². The molecule has 1 saturated carbocycles. The van der Waals surface area contributed by atoms with Crippen molar-refractivity contribution in [3.63, 3.8) is 0 Å². The number of hydrogen-bond donors (Lipinski definition) is 0. The van der Waals surface area contributed by atoms with Crippen LogP contribution in [0.25, 0.3) is 0 Å². The molecular formula is C22H23ClN4OS. The lowest BCUT2D eigenvalue weighted by atomic mass is 10.1. The van der Waals surface area contributed by atoms with Crippen LogP contribution in [0.15, 0.2) is 47.5 Å². The molecule has 0 aliphatic heterocycles. The van der Waals surface area contributed by atoms with Crippen LogP contribution in [0.4, 0.5) is 5.69 Å². The molecule has 0 saturated heterocycles. The molecule has 0 unspecified atom stereocenters. The van der Waals surface area contributed by atoms with Gasteiger partial charge >= 0.3 is 0 Å². The SMILES string of the molecule is CCN(C)/C=N\c1cc(C)c(Oc2nc([C@@H]3C[C@H]3c3ccccc3)ns2)cc1Cl. The van der Waals surface area contributed by atoms with Gasteiger partial charge in [0.2, 0.25) is 0 Å². The summed E-state index contributed by atoms with van der Waals surface area (Å²) in [7, 11) is 1.97. The van der Waals surface area contributed by atoms with E-state index in [1.807, 2.05) is 31.0 Å². The lowest BCUT2D eigenvalue weighted by molar-refractivity contribution is 0.473. The van der Waals surface area contributed by atoms with Crippen molar-refractivity contribution in [1.29, 1.82) is 0 Å². The molecule has 2 aromatic carbocycles. The Hall–Kier alpha value is -2.44. The van der Waals surface area contributed by atoms with Gasteiger partial charge in [-0.2, -0.15) is 9.36 Å². The van der Waals surface area contributed by atoms with Gasteiger partial charge in [-0.1, -0.05) is 41.9 Å². The predicted molar refractivity (Wildman–Crippen MR) is 119 cm³/mol. The summed E-state index contributed by atoms with van der Waals surface area (Å²) in [5, 5.41) is 1.09. The number of nitrogens with zero attached hydrogens (tertiary/aromatic N) is 4. The number of benzene rings is 2. The minimum absolute atomic E-state index is 0.378. The zero-order chi connectivity index (χ0) is 20.4. The van der Waals surface area contributed by atoms with Gasteiger partial charge < -0.3 is 9.64 Å². The maximum Gasteiger partial charge on any atom is 0.298 e. The molecule has 29 heavy (non-hydrogen) atoms. The standard InChI is InChI=1S/C22H23ClN4OS/c1-4-27(3)13-24-19-10-14(2)20(12-18(19)23)28-22-25-21(26-29-22)17-11-16(17)15-8-6-5-7-9-15/h5-10,12-13,16-17H,4,11H2,1-3H3/b24-13-/t16-,17+/m0/s1. The quantitative estimate of drug-likeness (QED) is 0.334. The molecule has 3 aromatic rings. The summed E-state index contributed by atoms with van der Waals surface area (Å²) in [6.45, 7) is 4.92. The third kappa shape index (κ3) is 4.60. The molecule has 0 spiro atoms. The van der Waals surface area contributed by atoms with E-state index in [2.05, 4.69) is 45.5 Å². The zero-order valence-corrected chi connectivity index (χ0v) is 18.2. The number of aliphatic imine (C=N–C) groups is 1. The summed E-state index contributed by atoms with van der Waals surface area (Å²) in [4.78, 5) is 11.0. The monoisotopic (exact) mass is 426 g/mol. The van der Waals surface area contributed by atoms with Crippen LogP contribution in [0.2, 0.25) is 5.02 Å². The highest BCUT2D eigenvalue weighted by molar-refractivity contribution is 7.07. The van der Waals surface area contributed by atoms with Gasteiger partial charge in [-0.3, -0.25) is 0 Å². The first-order valence-corrected chi connectivity index (χ1v) is 10.8. The van der Waals surface area contributed by atoms with Gasteiger partial charge in [0.15, 0.2) is 0 Å². The first kappa shape index (κ1) is 19.9. The molecule has 0 N–H and O–H groups in total. The van der Waals surface area contributed by atoms with Crippen LogP contribution in [-0.4, -0.2) is 34.2 Å². The van der Waals surface area contributed by atoms with Crippen molar-refractivity contribution in [2.24, 2.45) is 4.99 Å². The van der Waals surface area contributed by atoms with Crippen LogP contribution in [-0.2, 0) is 0 Å². The van der Waals surface area contributed by atoms with E-state index in [-0.39, 0.29) is 0 Å². The van der Waals surface area contributed by atoms with Crippen molar-refractivity contribution >= 4 is 35.2 Å². The number of aryl methyl sites for hydroxylation is 1. The van der Waals surface area contributed by atoms with Crippen LogP contribution in [0, 0.1) is 6.92 Å². The summed E-state index contributed by atoms with van der Waals surface area (Å²) in [5.74, 6) is 2.43. The van der Waals surface area contributed by atoms with E-state index in [9.17, 15) is 0 Å². The van der Waals surface area contributed by atoms with Crippen LogP contribution in [0.5, 0.6) is 10.9 Å². The number of halogens is 1. The molecule has 0 amide bonds. The molecule has 4 rings (SSSR count). The second-order valence-corrected chi connectivity index (χ2v) is 8.39. The van der Waals surface area contributed by atoms with E-state index in [4.69, 9.17) is 16.3 Å². The molecule has 1 fully saturated rings. The van der Waals surface area contributed by atoms with Crippen molar-refractivity contribution in [3.05, 3.63) is 64.4 Å². The first-order valence-electron chi connectivity index (χ1n) is 9.66. The third-order valence-corrected chi connectivity index (χ3v) is 6.02. The second-order valence-electron chi connectivity index (χ2n) is 7.27. The van der Waals surface area contributed by atoms with E-state index in [0.29, 0.717) is 27.8 Å². The molecular weight excluding hydrogens is 404 g/mol. The Kier molecular flexibility index (Phi) is 5.83. The normalized spacial score (nSPS) is 18.2. The summed E-state index contributed by atoms with van der Waals surface area (Å²) in [6.07, 6.45) is 2.86. The van der Waals surface area contributed by atoms with Crippen LogP contribution >= 0.6 is 23.1 Å². The maximum atomic E-state index is 6.40. The van der Waals surface area contributed by atoms with Gasteiger partial charge in [-0.25, -0.2) is 4.99 Å². The minimum Gasteiger partial charge on any atom is -0.430 e. The lowest BCUT2D eigenvalue weighted by Gasteiger charge is -2.10. The van der Waals surface area contributed by atoms with Gasteiger partial charge in [0.05, 0.1) is 17.0 Å². The Morgan fingerprint density at radius 1 is 1.28 bits per heavy atom. The van der Waals surface area contributed by atoms with Crippen molar-refractivity contribution in [2.45, 2.75) is 32.1 Å². The predicted octanol–water partition coefficient (Wildman–Crippen LogP) is 6.17. The Balaban J connectivity index is 1.45. The molecule has 7 heteroatoms. The molecule has 0 bridgehead atoms. The van der Waals surface area contributed by atoms with Crippen LogP contribution in [0.1, 0.15) is 42.1 Å². The lowest BCUT2D eigenvalue weighted by Crippen LogP contribution is -2.14. The Morgan fingerprint density at radius 2 is 2.07 bits per heavy atom. The highest BCUT2D eigenvalue weighted by Gasteiger charge is 2.42. The summed E-state index contributed by atoms with van der Waals surface area (Å²) >= 11 is 7.69. The molecule has 2 atom stereocenters. The van der Waals surface area contributed by atoms with Crippen LogP contribution in [0.3, 0.4) is 0 Å². The minimum atomic E-state index is 0.378. The molecule has 5 nitrogen and oxygen atoms in total. The number of hydrogen-bond acceptors (Lipinski definition) is 5. The number of rotatable bonds is 7. The number of ether oxygens (including phenoxy) is 1. The summed E-state index contributed by atoms with van der Waals surface area (Å²) in [5.41, 5.74) is 3.02. The average molecular weight is 427 g/mol. The Bertz CT molecular complexity index is 1020. The molecule has 0 radical (unpaired) electrons. The fourth-order valence-corrected chi connectivity index (χ4v) is 3.97. The molecule has 150 valence electrons. The molecule has 1 heterocycles. The van der Waals surface area contributed by atoms with E-state index in [1.165, 1.54) is 17.1 Å². The highest BCUT2D eigenvalue weighted by atomic mass is 35.5. The largest absolute Gasteiger partial charge is 0.430 e. The van der Waals surface area contributed by atoms with Gasteiger partial charge in [-0.05, 0) is 43.4 Å². The topological polar surface area (TPSA) is 50.6 Å². The molecule has 1 aromatic heterocycles. The van der Waals surface area contributed by atoms with E-state index in [0.717, 1.165) is 30.0 Å². The van der Waals surface area contributed by atoms with Crippen molar-refractivity contribution in [3.8, 4) is 10.9 Å². The fourth-order valence-electron chi connectivity index (χ4n) is 3.15. The van der Waals surface area contributed by atoms with E-state index in [1.54, 1.807) is 12.4 Å². The molecule has 1 aliphatic rings. The summed E-state index contributed by atoms with van der Waals surface area (Å²) in [6, 6.07) is 14.2. The number of aromatic nitrogens is 2. The fraction of sp³-hybridized carbons (Fsp3) is 0.318. The third-order valence-electron chi connectivity index (χ3n) is 5.11. The van der Waals surface area contributed by atoms with Crippen molar-refractivity contribution in [1.82, 2.24) is 14.3 Å². The van der Waals surface area contributed by atoms with Gasteiger partial charge in [0, 0.05) is 37.1 Å². The first-order chi connectivity index (χ1) is 14.0. The van der Waals surface area contributed by atoms with Crippen LogP contribution < -0.4 is 4.74 Å². The molecule has 1 aliphatic carbocycles. The van der Waals surface area contributed by atoms with Crippen molar-refractivity contribution < 1.29 is 4.74 Å². The smallest absolute Gasteiger partial charge is 0.298 e. The van der Waals surface area contributed by atoms with E-state index < -0.39 is 0 Å². The zero-order valence-electron chi connectivity index (χ0n) is 16.7. The Labute approximate surface area is 180 Å². The van der Waals surface area contributed by atoms with Gasteiger partial charge in [0.25, 0.3) is 5.19 Å². The Morgan fingerprint density at radius 3 is 2.83 bits per heavy atom. The van der Waals surface area contributed by atoms with E-state index >= 15 is 0 Å². The summed E-state index contributed by atoms with van der Waals surface area (Å²) < 4.78 is 10.5. The maximum absolute atomic E-state index is 6.40.